The van der Waals surface area contributed by atoms with E-state index < -0.39 is 29.0 Å². The van der Waals surface area contributed by atoms with Crippen molar-refractivity contribution in [3.8, 4) is 0 Å². The molecule has 22 heavy (non-hydrogen) atoms. The van der Waals surface area contributed by atoms with E-state index in [4.69, 9.17) is 9.84 Å². The molecule has 0 saturated heterocycles. The van der Waals surface area contributed by atoms with Crippen LogP contribution >= 0.6 is 0 Å². The molecule has 0 fully saturated rings. The summed E-state index contributed by atoms with van der Waals surface area (Å²) in [6.45, 7) is 8.74. The van der Waals surface area contributed by atoms with Crippen LogP contribution in [0.2, 0.25) is 0 Å². The molecule has 1 rings (SSSR count). The van der Waals surface area contributed by atoms with Crippen molar-refractivity contribution in [3.05, 3.63) is 35.1 Å². The van der Waals surface area contributed by atoms with Crippen LogP contribution in [0.1, 0.15) is 50.5 Å². The van der Waals surface area contributed by atoms with Gasteiger partial charge in [0.2, 0.25) is 0 Å². The maximum Gasteiger partial charge on any atom is 0.408 e. The molecule has 5 nitrogen and oxygen atoms in total. The largest absolute Gasteiger partial charge is 0.478 e. The number of hydrogen-bond acceptors (Lipinski definition) is 3. The molecule has 0 spiro atoms. The minimum absolute atomic E-state index is 0.112. The predicted octanol–water partition coefficient (Wildman–Crippen LogP) is 3.37. The van der Waals surface area contributed by atoms with Crippen LogP contribution in [0.3, 0.4) is 0 Å². The lowest BCUT2D eigenvalue weighted by molar-refractivity contribution is 0.0472. The fraction of sp³-hybridized carbons (Fsp3) is 0.500. The van der Waals surface area contributed by atoms with E-state index in [9.17, 15) is 14.0 Å². The Bertz CT molecular complexity index is 576. The molecule has 0 bridgehead atoms. The minimum atomic E-state index is -1.21. The van der Waals surface area contributed by atoms with Crippen molar-refractivity contribution >= 4 is 12.1 Å². The number of halogens is 1. The standard InChI is InChI=1S/C16H22FNO4/c1-15(2,3)22-14(21)18-16(4,5)9-10-6-7-11(17)8-12(10)13(19)20/h6-8H,9H2,1-5H3,(H,18,21)(H,19,20). The van der Waals surface area contributed by atoms with Gasteiger partial charge in [-0.25, -0.2) is 14.0 Å². The van der Waals surface area contributed by atoms with Crippen molar-refractivity contribution in [1.82, 2.24) is 5.32 Å². The van der Waals surface area contributed by atoms with Crippen LogP contribution in [-0.2, 0) is 11.2 Å². The zero-order chi connectivity index (χ0) is 17.1. The Morgan fingerprint density at radius 1 is 1.23 bits per heavy atom. The van der Waals surface area contributed by atoms with E-state index in [1.807, 2.05) is 0 Å². The molecule has 1 aromatic rings. The molecular weight excluding hydrogens is 289 g/mol. The summed E-state index contributed by atoms with van der Waals surface area (Å²) in [6.07, 6.45) is -0.356. The summed E-state index contributed by atoms with van der Waals surface area (Å²) in [7, 11) is 0. The topological polar surface area (TPSA) is 75.6 Å². The average molecular weight is 311 g/mol. The lowest BCUT2D eigenvalue weighted by atomic mass is 9.92. The van der Waals surface area contributed by atoms with Crippen LogP contribution in [0.15, 0.2) is 18.2 Å². The van der Waals surface area contributed by atoms with Gasteiger partial charge >= 0.3 is 12.1 Å². The number of carbonyl (C=O) groups is 2. The van der Waals surface area contributed by atoms with E-state index in [1.54, 1.807) is 34.6 Å². The van der Waals surface area contributed by atoms with E-state index in [0.717, 1.165) is 6.07 Å². The molecule has 122 valence electrons. The Labute approximate surface area is 129 Å². The number of hydrogen-bond donors (Lipinski definition) is 2. The summed E-state index contributed by atoms with van der Waals surface area (Å²) in [5.74, 6) is -1.82. The Morgan fingerprint density at radius 3 is 2.32 bits per heavy atom. The van der Waals surface area contributed by atoms with Gasteiger partial charge in [0.25, 0.3) is 0 Å². The monoisotopic (exact) mass is 311 g/mol. The number of alkyl carbamates (subject to hydrolysis) is 1. The maximum absolute atomic E-state index is 13.2. The minimum Gasteiger partial charge on any atom is -0.478 e. The highest BCUT2D eigenvalue weighted by atomic mass is 19.1. The van der Waals surface area contributed by atoms with Gasteiger partial charge in [0.05, 0.1) is 5.56 Å². The van der Waals surface area contributed by atoms with Crippen LogP contribution < -0.4 is 5.32 Å². The molecule has 0 aromatic heterocycles. The van der Waals surface area contributed by atoms with Crippen LogP contribution in [0.5, 0.6) is 0 Å². The first-order chi connectivity index (χ1) is 9.89. The molecule has 0 heterocycles. The number of nitrogens with one attached hydrogen (secondary N) is 1. The van der Waals surface area contributed by atoms with Gasteiger partial charge in [-0.3, -0.25) is 0 Å². The van der Waals surface area contributed by atoms with Crippen molar-refractivity contribution in [2.24, 2.45) is 0 Å². The van der Waals surface area contributed by atoms with Crippen LogP contribution in [0.25, 0.3) is 0 Å². The Hall–Kier alpha value is -2.11. The van der Waals surface area contributed by atoms with Crippen molar-refractivity contribution in [1.29, 1.82) is 0 Å². The lowest BCUT2D eigenvalue weighted by Crippen LogP contribution is -2.47. The maximum atomic E-state index is 13.2. The third-order valence-electron chi connectivity index (χ3n) is 2.77. The van der Waals surface area contributed by atoms with Gasteiger partial charge in [-0.2, -0.15) is 0 Å². The van der Waals surface area contributed by atoms with Gasteiger partial charge < -0.3 is 15.2 Å². The van der Waals surface area contributed by atoms with E-state index >= 15 is 0 Å². The molecule has 0 aliphatic rings. The first kappa shape index (κ1) is 17.9. The number of ether oxygens (including phenoxy) is 1. The zero-order valence-corrected chi connectivity index (χ0v) is 13.5. The third kappa shape index (κ3) is 5.71. The zero-order valence-electron chi connectivity index (χ0n) is 13.5. The number of amides is 1. The SMILES string of the molecule is CC(C)(Cc1ccc(F)cc1C(=O)O)NC(=O)OC(C)(C)C. The number of aromatic carboxylic acids is 1. The molecule has 0 aliphatic heterocycles. The van der Waals surface area contributed by atoms with Crippen molar-refractivity contribution in [2.75, 3.05) is 0 Å². The number of benzene rings is 1. The second kappa shape index (κ2) is 6.34. The van der Waals surface area contributed by atoms with Crippen LogP contribution in [0.4, 0.5) is 9.18 Å². The molecule has 0 aliphatic carbocycles. The van der Waals surface area contributed by atoms with Gasteiger partial charge in [-0.05, 0) is 58.7 Å². The summed E-state index contributed by atoms with van der Waals surface area (Å²) >= 11 is 0. The Morgan fingerprint density at radius 2 is 1.82 bits per heavy atom. The molecule has 0 saturated carbocycles. The molecule has 1 amide bonds. The van der Waals surface area contributed by atoms with E-state index in [2.05, 4.69) is 5.32 Å². The Kier molecular flexibility index (Phi) is 5.17. The number of rotatable bonds is 4. The molecule has 2 N–H and O–H groups in total. The van der Waals surface area contributed by atoms with Gasteiger partial charge in [-0.15, -0.1) is 0 Å². The van der Waals surface area contributed by atoms with Crippen molar-refractivity contribution in [2.45, 2.75) is 52.2 Å². The summed E-state index contributed by atoms with van der Waals surface area (Å²) in [5, 5.41) is 11.8. The van der Waals surface area contributed by atoms with Gasteiger partial charge in [0.15, 0.2) is 0 Å². The fourth-order valence-corrected chi connectivity index (χ4v) is 2.00. The van der Waals surface area contributed by atoms with Gasteiger partial charge in [0.1, 0.15) is 11.4 Å². The second-order valence-corrected chi connectivity index (χ2v) is 6.79. The van der Waals surface area contributed by atoms with E-state index in [-0.39, 0.29) is 12.0 Å². The number of carbonyl (C=O) groups excluding carboxylic acids is 1. The quantitative estimate of drug-likeness (QED) is 0.894. The summed E-state index contributed by atoms with van der Waals surface area (Å²) in [4.78, 5) is 23.0. The summed E-state index contributed by atoms with van der Waals surface area (Å²) < 4.78 is 18.4. The highest BCUT2D eigenvalue weighted by Crippen LogP contribution is 2.19. The van der Waals surface area contributed by atoms with Crippen molar-refractivity contribution < 1.29 is 23.8 Å². The number of carboxylic acid groups (broad SMARTS) is 1. The number of carboxylic acids is 1. The summed E-state index contributed by atoms with van der Waals surface area (Å²) in [5.41, 5.74) is -1.04. The fourth-order valence-electron chi connectivity index (χ4n) is 2.00. The van der Waals surface area contributed by atoms with Gasteiger partial charge in [-0.1, -0.05) is 6.07 Å². The third-order valence-corrected chi connectivity index (χ3v) is 2.77. The highest BCUT2D eigenvalue weighted by molar-refractivity contribution is 5.89. The molecule has 0 atom stereocenters. The first-order valence-electron chi connectivity index (χ1n) is 6.92. The average Bonchev–Trinajstić information content (AvgIpc) is 2.27. The molecular formula is C16H22FNO4. The van der Waals surface area contributed by atoms with Crippen LogP contribution in [-0.4, -0.2) is 28.3 Å². The molecule has 0 radical (unpaired) electrons. The summed E-state index contributed by atoms with van der Waals surface area (Å²) in [6, 6.07) is 3.59. The first-order valence-corrected chi connectivity index (χ1v) is 6.92. The second-order valence-electron chi connectivity index (χ2n) is 6.79. The van der Waals surface area contributed by atoms with Crippen LogP contribution in [0, 0.1) is 5.82 Å². The van der Waals surface area contributed by atoms with E-state index in [1.165, 1.54) is 12.1 Å². The highest BCUT2D eigenvalue weighted by Gasteiger charge is 2.26. The predicted molar refractivity (Wildman–Crippen MR) is 80.5 cm³/mol. The van der Waals surface area contributed by atoms with Crippen molar-refractivity contribution in [3.63, 3.8) is 0 Å². The van der Waals surface area contributed by atoms with Gasteiger partial charge in [0, 0.05) is 5.54 Å². The Balaban J connectivity index is 2.89. The van der Waals surface area contributed by atoms with E-state index in [0.29, 0.717) is 5.56 Å². The molecule has 0 unspecified atom stereocenters. The smallest absolute Gasteiger partial charge is 0.408 e. The molecule has 6 heteroatoms. The lowest BCUT2D eigenvalue weighted by Gasteiger charge is -2.29. The molecule has 1 aromatic carbocycles. The normalized spacial score (nSPS) is 11.9.